The number of aromatic nitrogens is 1. The van der Waals surface area contributed by atoms with Crippen LogP contribution >= 0.6 is 0 Å². The third-order valence-corrected chi connectivity index (χ3v) is 5.55. The van der Waals surface area contributed by atoms with E-state index >= 15 is 0 Å². The molecule has 29 heavy (non-hydrogen) atoms. The van der Waals surface area contributed by atoms with Crippen LogP contribution in [0, 0.1) is 5.92 Å². The summed E-state index contributed by atoms with van der Waals surface area (Å²) in [7, 11) is 0. The minimum absolute atomic E-state index is 0.0225. The van der Waals surface area contributed by atoms with Crippen LogP contribution in [-0.4, -0.2) is 39.5 Å². The van der Waals surface area contributed by atoms with Gasteiger partial charge in [0.1, 0.15) is 6.54 Å². The molecule has 1 amide bonds. The number of likely N-dealkylation sites (tertiary alicyclic amines) is 1. The van der Waals surface area contributed by atoms with Gasteiger partial charge in [-0.3, -0.25) is 14.5 Å². The molecular weight excluding hydrogens is 366 g/mol. The van der Waals surface area contributed by atoms with Crippen LogP contribution in [0.5, 0.6) is 0 Å². The number of nitrogens with zero attached hydrogens (tertiary/aromatic N) is 2. The standard InChI is InChI=1S/C23H25N3O3/c27-22(28)16-26-13-10-19-14-20(6-7-21(19)26)24-23(29)18-8-11-25(12-9-18)15-17-4-2-1-3-5-17/h1-7,10,13-14,18H,8-9,11-12,15-16H2,(H,24,29)(H,27,28). The Kier molecular flexibility index (Phi) is 5.62. The maximum atomic E-state index is 12.7. The molecule has 0 aliphatic carbocycles. The highest BCUT2D eigenvalue weighted by atomic mass is 16.4. The second-order valence-corrected chi connectivity index (χ2v) is 7.64. The number of anilines is 1. The maximum Gasteiger partial charge on any atom is 0.323 e. The van der Waals surface area contributed by atoms with Crippen molar-refractivity contribution < 1.29 is 14.7 Å². The Hall–Kier alpha value is -3.12. The summed E-state index contributed by atoms with van der Waals surface area (Å²) in [6.45, 7) is 2.70. The summed E-state index contributed by atoms with van der Waals surface area (Å²) in [5.41, 5.74) is 2.90. The fraction of sp³-hybridized carbons (Fsp3) is 0.304. The minimum Gasteiger partial charge on any atom is -0.480 e. The van der Waals surface area contributed by atoms with E-state index in [9.17, 15) is 9.59 Å². The maximum absolute atomic E-state index is 12.7. The largest absolute Gasteiger partial charge is 0.480 e. The van der Waals surface area contributed by atoms with Gasteiger partial charge in [-0.05, 0) is 55.8 Å². The SMILES string of the molecule is O=C(O)Cn1ccc2cc(NC(=O)C3CCN(Cc4ccccc4)CC3)ccc21. The molecule has 150 valence electrons. The number of piperidine rings is 1. The lowest BCUT2D eigenvalue weighted by molar-refractivity contribution is -0.137. The average molecular weight is 391 g/mol. The fourth-order valence-electron chi connectivity index (χ4n) is 4.00. The molecule has 6 nitrogen and oxygen atoms in total. The normalized spacial score (nSPS) is 15.4. The Labute approximate surface area is 169 Å². The molecule has 1 aromatic heterocycles. The number of hydrogen-bond donors (Lipinski definition) is 2. The van der Waals surface area contributed by atoms with E-state index in [0.717, 1.165) is 49.1 Å². The van der Waals surface area contributed by atoms with Gasteiger partial charge in [0.15, 0.2) is 0 Å². The van der Waals surface area contributed by atoms with Crippen LogP contribution in [0.25, 0.3) is 10.9 Å². The average Bonchev–Trinajstić information content (AvgIpc) is 3.10. The molecular formula is C23H25N3O3. The molecule has 1 aliphatic heterocycles. The highest BCUT2D eigenvalue weighted by Gasteiger charge is 2.25. The number of nitrogens with one attached hydrogen (secondary N) is 1. The molecule has 2 N–H and O–H groups in total. The predicted octanol–water partition coefficient (Wildman–Crippen LogP) is 3.58. The van der Waals surface area contributed by atoms with Crippen LogP contribution < -0.4 is 5.32 Å². The molecule has 2 aromatic carbocycles. The summed E-state index contributed by atoms with van der Waals surface area (Å²) in [4.78, 5) is 26.0. The van der Waals surface area contributed by atoms with Gasteiger partial charge in [0.05, 0.1) is 0 Å². The van der Waals surface area contributed by atoms with Crippen molar-refractivity contribution in [2.24, 2.45) is 5.92 Å². The van der Waals surface area contributed by atoms with E-state index in [1.807, 2.05) is 30.3 Å². The summed E-state index contributed by atoms with van der Waals surface area (Å²) in [6.07, 6.45) is 3.47. The lowest BCUT2D eigenvalue weighted by Gasteiger charge is -2.31. The molecule has 4 rings (SSSR count). The van der Waals surface area contributed by atoms with Crippen molar-refractivity contribution in [2.45, 2.75) is 25.9 Å². The Morgan fingerprint density at radius 1 is 1.03 bits per heavy atom. The number of rotatable bonds is 6. The second kappa shape index (κ2) is 8.49. The summed E-state index contributed by atoms with van der Waals surface area (Å²) in [5, 5.41) is 12.9. The smallest absolute Gasteiger partial charge is 0.323 e. The third-order valence-electron chi connectivity index (χ3n) is 5.55. The number of carbonyl (C=O) groups excluding carboxylic acids is 1. The molecule has 0 spiro atoms. The lowest BCUT2D eigenvalue weighted by atomic mass is 9.95. The van der Waals surface area contributed by atoms with E-state index in [2.05, 4.69) is 34.5 Å². The molecule has 0 unspecified atom stereocenters. The number of fused-ring (bicyclic) bond motifs is 1. The van der Waals surface area contributed by atoms with Crippen LogP contribution in [0.3, 0.4) is 0 Å². The van der Waals surface area contributed by atoms with Gasteiger partial charge in [-0.2, -0.15) is 0 Å². The van der Waals surface area contributed by atoms with Gasteiger partial charge in [-0.25, -0.2) is 0 Å². The zero-order chi connectivity index (χ0) is 20.2. The molecule has 6 heteroatoms. The molecule has 3 aromatic rings. The molecule has 0 bridgehead atoms. The number of benzene rings is 2. The summed E-state index contributed by atoms with van der Waals surface area (Å²) >= 11 is 0. The number of carboxylic acid groups (broad SMARTS) is 1. The van der Waals surface area contributed by atoms with Crippen molar-refractivity contribution in [2.75, 3.05) is 18.4 Å². The number of carbonyl (C=O) groups is 2. The van der Waals surface area contributed by atoms with Gasteiger partial charge in [-0.15, -0.1) is 0 Å². The predicted molar refractivity (Wildman–Crippen MR) is 113 cm³/mol. The van der Waals surface area contributed by atoms with Crippen LogP contribution in [0.2, 0.25) is 0 Å². The highest BCUT2D eigenvalue weighted by Crippen LogP contribution is 2.24. The molecule has 0 radical (unpaired) electrons. The minimum atomic E-state index is -0.876. The summed E-state index contributed by atoms with van der Waals surface area (Å²) < 4.78 is 1.69. The van der Waals surface area contributed by atoms with E-state index in [1.54, 1.807) is 10.8 Å². The van der Waals surface area contributed by atoms with Crippen LogP contribution in [-0.2, 0) is 22.7 Å². The molecule has 2 heterocycles. The van der Waals surface area contributed by atoms with E-state index in [0.29, 0.717) is 0 Å². The van der Waals surface area contributed by atoms with E-state index in [1.165, 1.54) is 5.56 Å². The van der Waals surface area contributed by atoms with Crippen LogP contribution in [0.1, 0.15) is 18.4 Å². The van der Waals surface area contributed by atoms with Crippen molar-refractivity contribution in [3.8, 4) is 0 Å². The van der Waals surface area contributed by atoms with Crippen molar-refractivity contribution in [3.63, 3.8) is 0 Å². The van der Waals surface area contributed by atoms with E-state index in [4.69, 9.17) is 5.11 Å². The number of amides is 1. The van der Waals surface area contributed by atoms with Crippen LogP contribution in [0.4, 0.5) is 5.69 Å². The van der Waals surface area contributed by atoms with E-state index < -0.39 is 5.97 Å². The number of hydrogen-bond acceptors (Lipinski definition) is 3. The van der Waals surface area contributed by atoms with Crippen LogP contribution in [0.15, 0.2) is 60.8 Å². The van der Waals surface area contributed by atoms with Gasteiger partial charge in [-0.1, -0.05) is 30.3 Å². The first-order chi connectivity index (χ1) is 14.1. The Balaban J connectivity index is 1.33. The first kappa shape index (κ1) is 19.2. The summed E-state index contributed by atoms with van der Waals surface area (Å²) in [6, 6.07) is 17.9. The zero-order valence-corrected chi connectivity index (χ0v) is 16.3. The van der Waals surface area contributed by atoms with E-state index in [-0.39, 0.29) is 18.4 Å². The van der Waals surface area contributed by atoms with Gasteiger partial charge in [0, 0.05) is 35.2 Å². The zero-order valence-electron chi connectivity index (χ0n) is 16.3. The number of aliphatic carboxylic acids is 1. The van der Waals surface area contributed by atoms with Gasteiger partial charge in [0.2, 0.25) is 5.91 Å². The van der Waals surface area contributed by atoms with Crippen molar-refractivity contribution in [3.05, 3.63) is 66.4 Å². The fourth-order valence-corrected chi connectivity index (χ4v) is 4.00. The van der Waals surface area contributed by atoms with Gasteiger partial charge >= 0.3 is 5.97 Å². The number of carboxylic acids is 1. The molecule has 1 aliphatic rings. The molecule has 1 fully saturated rings. The highest BCUT2D eigenvalue weighted by molar-refractivity contribution is 5.95. The lowest BCUT2D eigenvalue weighted by Crippen LogP contribution is -2.37. The Bertz CT molecular complexity index is 1000. The first-order valence-corrected chi connectivity index (χ1v) is 9.96. The van der Waals surface area contributed by atoms with Crippen molar-refractivity contribution in [1.29, 1.82) is 0 Å². The van der Waals surface area contributed by atoms with Crippen molar-refractivity contribution in [1.82, 2.24) is 9.47 Å². The van der Waals surface area contributed by atoms with Crippen molar-refractivity contribution >= 4 is 28.5 Å². The van der Waals surface area contributed by atoms with Gasteiger partial charge in [0.25, 0.3) is 0 Å². The first-order valence-electron chi connectivity index (χ1n) is 9.96. The molecule has 0 saturated carbocycles. The summed E-state index contributed by atoms with van der Waals surface area (Å²) in [5.74, 6) is -0.790. The second-order valence-electron chi connectivity index (χ2n) is 7.64. The quantitative estimate of drug-likeness (QED) is 0.674. The Morgan fingerprint density at radius 3 is 2.52 bits per heavy atom. The monoisotopic (exact) mass is 391 g/mol. The van der Waals surface area contributed by atoms with Gasteiger partial charge < -0.3 is 15.0 Å². The Morgan fingerprint density at radius 2 is 1.79 bits per heavy atom. The third kappa shape index (κ3) is 4.66. The molecule has 1 saturated heterocycles. The topological polar surface area (TPSA) is 74.6 Å². The molecule has 0 atom stereocenters.